The minimum Gasteiger partial charge on any atom is -0.479 e. The number of hydrogen-bond acceptors (Lipinski definition) is 4. The van der Waals surface area contributed by atoms with E-state index in [1.54, 1.807) is 55.5 Å². The third-order valence-electron chi connectivity index (χ3n) is 4.42. The Bertz CT molecular complexity index is 900. The predicted molar refractivity (Wildman–Crippen MR) is 103 cm³/mol. The standard InChI is InChI=1S/C21H21F3N2O4/c1-14-20(28)26(17-4-2-3-5-18(17)30-14)11-19(27)25-10-15-6-8-16(9-7-15)12-29-13-21(22,23)24/h2-9,14H,10-13H2,1H3,(H,25,27). The topological polar surface area (TPSA) is 67.9 Å². The van der Waals surface area contributed by atoms with Crippen LogP contribution >= 0.6 is 0 Å². The Morgan fingerprint density at radius 1 is 1.13 bits per heavy atom. The van der Waals surface area contributed by atoms with Crippen molar-refractivity contribution in [3.8, 4) is 5.75 Å². The van der Waals surface area contributed by atoms with Gasteiger partial charge in [0, 0.05) is 6.54 Å². The van der Waals surface area contributed by atoms with Gasteiger partial charge in [0.15, 0.2) is 6.10 Å². The summed E-state index contributed by atoms with van der Waals surface area (Å²) in [4.78, 5) is 26.2. The number of fused-ring (bicyclic) bond motifs is 1. The van der Waals surface area contributed by atoms with Gasteiger partial charge in [-0.3, -0.25) is 14.5 Å². The summed E-state index contributed by atoms with van der Waals surface area (Å²) in [5, 5.41) is 2.74. The van der Waals surface area contributed by atoms with Crippen molar-refractivity contribution >= 4 is 17.5 Å². The number of hydrogen-bond donors (Lipinski definition) is 1. The van der Waals surface area contributed by atoms with Crippen molar-refractivity contribution in [1.82, 2.24) is 5.32 Å². The zero-order valence-electron chi connectivity index (χ0n) is 16.2. The van der Waals surface area contributed by atoms with Crippen LogP contribution in [0.2, 0.25) is 0 Å². The zero-order valence-corrected chi connectivity index (χ0v) is 16.2. The number of carbonyl (C=O) groups is 2. The third kappa shape index (κ3) is 5.73. The Labute approximate surface area is 171 Å². The number of rotatable bonds is 7. The van der Waals surface area contributed by atoms with Crippen molar-refractivity contribution in [3.63, 3.8) is 0 Å². The molecule has 0 saturated heterocycles. The molecule has 0 aromatic heterocycles. The van der Waals surface area contributed by atoms with Crippen LogP contribution in [-0.4, -0.2) is 37.2 Å². The fourth-order valence-electron chi connectivity index (χ4n) is 2.96. The molecule has 1 aliphatic heterocycles. The van der Waals surface area contributed by atoms with Gasteiger partial charge in [-0.05, 0) is 30.2 Å². The van der Waals surface area contributed by atoms with Gasteiger partial charge in [-0.2, -0.15) is 13.2 Å². The van der Waals surface area contributed by atoms with Gasteiger partial charge in [0.05, 0.1) is 12.3 Å². The quantitative estimate of drug-likeness (QED) is 0.744. The maximum atomic E-state index is 12.4. The second-order valence-corrected chi connectivity index (χ2v) is 6.85. The van der Waals surface area contributed by atoms with Gasteiger partial charge in [-0.15, -0.1) is 0 Å². The number of anilines is 1. The average molecular weight is 422 g/mol. The molecule has 0 bridgehead atoms. The molecule has 1 heterocycles. The van der Waals surface area contributed by atoms with Crippen molar-refractivity contribution in [3.05, 3.63) is 59.7 Å². The number of halogens is 3. The van der Waals surface area contributed by atoms with Gasteiger partial charge in [0.1, 0.15) is 18.9 Å². The van der Waals surface area contributed by atoms with E-state index in [4.69, 9.17) is 4.74 Å². The molecular weight excluding hydrogens is 401 g/mol. The van der Waals surface area contributed by atoms with E-state index >= 15 is 0 Å². The Morgan fingerprint density at radius 3 is 2.50 bits per heavy atom. The van der Waals surface area contributed by atoms with E-state index in [0.29, 0.717) is 17.0 Å². The van der Waals surface area contributed by atoms with Crippen molar-refractivity contribution in [1.29, 1.82) is 0 Å². The highest BCUT2D eigenvalue weighted by atomic mass is 19.4. The molecular formula is C21H21F3N2O4. The van der Waals surface area contributed by atoms with Gasteiger partial charge in [-0.25, -0.2) is 0 Å². The van der Waals surface area contributed by atoms with Crippen LogP contribution in [0.1, 0.15) is 18.1 Å². The maximum Gasteiger partial charge on any atom is 0.411 e. The average Bonchev–Trinajstić information content (AvgIpc) is 2.70. The number of alkyl halides is 3. The van der Waals surface area contributed by atoms with Crippen LogP contribution in [0.5, 0.6) is 5.75 Å². The largest absolute Gasteiger partial charge is 0.479 e. The number of ether oxygens (including phenoxy) is 2. The number of nitrogens with one attached hydrogen (secondary N) is 1. The summed E-state index contributed by atoms with van der Waals surface area (Å²) < 4.78 is 46.5. The van der Waals surface area contributed by atoms with Crippen LogP contribution in [0.3, 0.4) is 0 Å². The summed E-state index contributed by atoms with van der Waals surface area (Å²) in [5.41, 5.74) is 1.91. The van der Waals surface area contributed by atoms with Gasteiger partial charge in [0.2, 0.25) is 5.91 Å². The highest BCUT2D eigenvalue weighted by molar-refractivity contribution is 6.03. The molecule has 1 unspecified atom stereocenters. The first kappa shape index (κ1) is 21.6. The molecule has 0 fully saturated rings. The number of benzene rings is 2. The van der Waals surface area contributed by atoms with E-state index in [-0.39, 0.29) is 31.5 Å². The number of carbonyl (C=O) groups excluding carboxylic acids is 2. The molecule has 3 rings (SSSR count). The first-order valence-electron chi connectivity index (χ1n) is 9.29. The molecule has 0 saturated carbocycles. The van der Waals surface area contributed by atoms with Crippen LogP contribution in [0, 0.1) is 0 Å². The lowest BCUT2D eigenvalue weighted by molar-refractivity contribution is -0.176. The Hall–Kier alpha value is -3.07. The van der Waals surface area contributed by atoms with E-state index in [1.165, 1.54) is 4.90 Å². The molecule has 1 N–H and O–H groups in total. The van der Waals surface area contributed by atoms with Crippen molar-refractivity contribution in [2.75, 3.05) is 18.1 Å². The molecule has 2 aromatic rings. The van der Waals surface area contributed by atoms with Gasteiger partial charge in [0.25, 0.3) is 5.91 Å². The smallest absolute Gasteiger partial charge is 0.411 e. The normalized spacial score (nSPS) is 16.1. The lowest BCUT2D eigenvalue weighted by Crippen LogP contribution is -2.48. The molecule has 6 nitrogen and oxygen atoms in total. The monoisotopic (exact) mass is 422 g/mol. The predicted octanol–water partition coefficient (Wildman–Crippen LogP) is 3.20. The molecule has 0 radical (unpaired) electrons. The van der Waals surface area contributed by atoms with Crippen LogP contribution in [-0.2, 0) is 27.5 Å². The third-order valence-corrected chi connectivity index (χ3v) is 4.42. The van der Waals surface area contributed by atoms with Crippen molar-refractivity contribution in [2.45, 2.75) is 32.4 Å². The molecule has 2 amide bonds. The summed E-state index contributed by atoms with van der Waals surface area (Å²) in [7, 11) is 0. The highest BCUT2D eigenvalue weighted by Crippen LogP contribution is 2.33. The number of nitrogens with zero attached hydrogens (tertiary/aromatic N) is 1. The minimum absolute atomic E-state index is 0.146. The second kappa shape index (κ2) is 9.17. The van der Waals surface area contributed by atoms with E-state index in [9.17, 15) is 22.8 Å². The first-order chi connectivity index (χ1) is 14.2. The first-order valence-corrected chi connectivity index (χ1v) is 9.29. The molecule has 0 aliphatic carbocycles. The Balaban J connectivity index is 1.52. The van der Waals surface area contributed by atoms with Gasteiger partial charge in [-0.1, -0.05) is 36.4 Å². The summed E-state index contributed by atoms with van der Waals surface area (Å²) in [5.74, 6) is -0.0994. The molecule has 160 valence electrons. The SMILES string of the molecule is CC1Oc2ccccc2N(CC(=O)NCc2ccc(COCC(F)(F)F)cc2)C1=O. The number of para-hydroxylation sites is 2. The summed E-state index contributed by atoms with van der Waals surface area (Å²) in [6, 6.07) is 13.7. The summed E-state index contributed by atoms with van der Waals surface area (Å²) in [6.07, 6.45) is -5.04. The summed E-state index contributed by atoms with van der Waals surface area (Å²) in [6.45, 7) is 0.254. The number of amides is 2. The van der Waals surface area contributed by atoms with E-state index in [1.807, 2.05) is 0 Å². The van der Waals surface area contributed by atoms with Gasteiger partial charge >= 0.3 is 6.18 Å². The molecule has 9 heteroatoms. The second-order valence-electron chi connectivity index (χ2n) is 6.85. The highest BCUT2D eigenvalue weighted by Gasteiger charge is 2.32. The van der Waals surface area contributed by atoms with Crippen LogP contribution in [0.4, 0.5) is 18.9 Å². The van der Waals surface area contributed by atoms with Crippen molar-refractivity contribution < 1.29 is 32.2 Å². The van der Waals surface area contributed by atoms with Gasteiger partial charge < -0.3 is 14.8 Å². The Morgan fingerprint density at radius 2 is 1.80 bits per heavy atom. The molecule has 1 aliphatic rings. The molecule has 1 atom stereocenters. The summed E-state index contributed by atoms with van der Waals surface area (Å²) >= 11 is 0. The molecule has 0 spiro atoms. The van der Waals surface area contributed by atoms with E-state index < -0.39 is 18.9 Å². The minimum atomic E-state index is -4.36. The molecule has 2 aromatic carbocycles. The van der Waals surface area contributed by atoms with Crippen LogP contribution in [0.15, 0.2) is 48.5 Å². The van der Waals surface area contributed by atoms with Crippen LogP contribution in [0.25, 0.3) is 0 Å². The zero-order chi connectivity index (χ0) is 21.7. The van der Waals surface area contributed by atoms with E-state index in [0.717, 1.165) is 5.56 Å². The maximum absolute atomic E-state index is 12.4. The fraction of sp³-hybridized carbons (Fsp3) is 0.333. The molecule has 30 heavy (non-hydrogen) atoms. The lowest BCUT2D eigenvalue weighted by Gasteiger charge is -2.32. The van der Waals surface area contributed by atoms with Crippen molar-refractivity contribution in [2.24, 2.45) is 0 Å². The fourth-order valence-corrected chi connectivity index (χ4v) is 2.96. The van der Waals surface area contributed by atoms with Crippen LogP contribution < -0.4 is 15.0 Å². The van der Waals surface area contributed by atoms with E-state index in [2.05, 4.69) is 10.1 Å². The Kier molecular flexibility index (Phi) is 6.61. The lowest BCUT2D eigenvalue weighted by atomic mass is 10.1.